The van der Waals surface area contributed by atoms with Crippen LogP contribution in [0.2, 0.25) is 5.02 Å². The number of methoxy groups -OCH3 is 1. The molecule has 0 bridgehead atoms. The number of rotatable bonds is 7. The van der Waals surface area contributed by atoms with E-state index in [1.165, 1.54) is 28.8 Å². The third-order valence-electron chi connectivity index (χ3n) is 6.64. The average Bonchev–Trinajstić information content (AvgIpc) is 3.57. The summed E-state index contributed by atoms with van der Waals surface area (Å²) in [6.45, 7) is 2.83. The molecule has 2 aliphatic heterocycles. The molecule has 0 N–H and O–H groups in total. The number of halogens is 4. The van der Waals surface area contributed by atoms with Crippen LogP contribution < -0.4 is 4.74 Å². The number of thioether (sulfide) groups is 1. The van der Waals surface area contributed by atoms with Gasteiger partial charge in [-0.2, -0.15) is 13.2 Å². The van der Waals surface area contributed by atoms with Crippen LogP contribution in [-0.2, 0) is 17.5 Å². The minimum Gasteiger partial charge on any atom is -0.479 e. The van der Waals surface area contributed by atoms with Gasteiger partial charge in [0.2, 0.25) is 5.88 Å². The Hall–Kier alpha value is -3.02. The third-order valence-corrected chi connectivity index (χ3v) is 7.78. The lowest BCUT2D eigenvalue weighted by molar-refractivity contribution is -0.138. The van der Waals surface area contributed by atoms with Gasteiger partial charge >= 0.3 is 6.18 Å². The number of likely N-dealkylation sites (tertiary alicyclic amines) is 1. The van der Waals surface area contributed by atoms with Gasteiger partial charge in [0.05, 0.1) is 35.0 Å². The van der Waals surface area contributed by atoms with E-state index in [4.69, 9.17) is 16.3 Å². The molecule has 0 atom stereocenters. The van der Waals surface area contributed by atoms with E-state index in [1.807, 2.05) is 0 Å². The lowest BCUT2D eigenvalue weighted by Gasteiger charge is -2.18. The number of carbonyl (C=O) groups excluding carboxylic acids is 2. The molecule has 0 aliphatic carbocycles. The van der Waals surface area contributed by atoms with Gasteiger partial charge in [-0.15, -0.1) is 5.10 Å². The second-order valence-electron chi connectivity index (χ2n) is 9.12. The van der Waals surface area contributed by atoms with Gasteiger partial charge in [0.1, 0.15) is 0 Å². The summed E-state index contributed by atoms with van der Waals surface area (Å²) in [6.07, 6.45) is -0.670. The number of alkyl halides is 3. The summed E-state index contributed by atoms with van der Waals surface area (Å²) in [5, 5.41) is 4.62. The Kier molecular flexibility index (Phi) is 7.43. The highest BCUT2D eigenvalue weighted by Gasteiger charge is 2.36. The highest BCUT2D eigenvalue weighted by molar-refractivity contribution is 8.18. The Morgan fingerprint density at radius 2 is 1.87 bits per heavy atom. The highest BCUT2D eigenvalue weighted by atomic mass is 35.5. The normalized spacial score (nSPS) is 17.9. The summed E-state index contributed by atoms with van der Waals surface area (Å²) in [5.41, 5.74) is 0.383. The van der Waals surface area contributed by atoms with E-state index >= 15 is 0 Å². The van der Waals surface area contributed by atoms with Crippen molar-refractivity contribution < 1.29 is 27.5 Å². The van der Waals surface area contributed by atoms with Crippen LogP contribution in [0.4, 0.5) is 18.0 Å². The molecule has 5 rings (SSSR count). The van der Waals surface area contributed by atoms with Crippen LogP contribution in [0.15, 0.2) is 41.3 Å². The second-order valence-corrected chi connectivity index (χ2v) is 10.6. The zero-order valence-corrected chi connectivity index (χ0v) is 22.0. The molecule has 0 radical (unpaired) electrons. The maximum Gasteiger partial charge on any atom is 0.416 e. The summed E-state index contributed by atoms with van der Waals surface area (Å²) < 4.78 is 47.6. The fourth-order valence-electron chi connectivity index (χ4n) is 4.73. The van der Waals surface area contributed by atoms with Gasteiger partial charge < -0.3 is 9.64 Å². The van der Waals surface area contributed by atoms with Crippen LogP contribution in [-0.4, -0.2) is 64.0 Å². The number of imide groups is 1. The van der Waals surface area contributed by atoms with Crippen molar-refractivity contribution >= 4 is 51.5 Å². The first kappa shape index (κ1) is 26.6. The standard InChI is InChI=1S/C26H24ClF3N4O3S/c1-37-23-19-12-16(13-22-24(35)33(25(36)38-22)11-10-32-8-2-3-9-32)4-7-21(19)34(31-23)15-17-5-6-18(27)14-20(17)26(28,29)30/h4-7,12-14H,2-3,8-11,15H2,1H3. The van der Waals surface area contributed by atoms with E-state index in [0.29, 0.717) is 34.5 Å². The number of nitrogens with zero attached hydrogens (tertiary/aromatic N) is 4. The maximum absolute atomic E-state index is 13.6. The molecule has 3 aromatic rings. The molecule has 1 aromatic heterocycles. The van der Waals surface area contributed by atoms with Gasteiger partial charge in [-0.25, -0.2) is 0 Å². The van der Waals surface area contributed by atoms with E-state index < -0.39 is 11.7 Å². The summed E-state index contributed by atoms with van der Waals surface area (Å²) in [7, 11) is 1.42. The van der Waals surface area contributed by atoms with Crippen molar-refractivity contribution in [2.75, 3.05) is 33.3 Å². The number of hydrogen-bond donors (Lipinski definition) is 0. The lowest BCUT2D eigenvalue weighted by atomic mass is 10.1. The number of aromatic nitrogens is 2. The molecule has 2 amide bonds. The first-order valence-electron chi connectivity index (χ1n) is 12.0. The molecular formula is C26H24ClF3N4O3S. The molecule has 2 aliphatic rings. The van der Waals surface area contributed by atoms with E-state index in [-0.39, 0.29) is 34.2 Å². The number of carbonyl (C=O) groups is 2. The molecule has 7 nitrogen and oxygen atoms in total. The Morgan fingerprint density at radius 3 is 2.58 bits per heavy atom. The van der Waals surface area contributed by atoms with Crippen LogP contribution in [0.1, 0.15) is 29.5 Å². The summed E-state index contributed by atoms with van der Waals surface area (Å²) >= 11 is 6.71. The highest BCUT2D eigenvalue weighted by Crippen LogP contribution is 2.36. The number of amides is 2. The van der Waals surface area contributed by atoms with E-state index in [9.17, 15) is 22.8 Å². The molecule has 12 heteroatoms. The third kappa shape index (κ3) is 5.41. The van der Waals surface area contributed by atoms with Crippen LogP contribution in [0.25, 0.3) is 17.0 Å². The molecule has 3 heterocycles. The van der Waals surface area contributed by atoms with Crippen molar-refractivity contribution in [3.63, 3.8) is 0 Å². The summed E-state index contributed by atoms with van der Waals surface area (Å²) in [6, 6.07) is 8.81. The predicted molar refractivity (Wildman–Crippen MR) is 140 cm³/mol. The summed E-state index contributed by atoms with van der Waals surface area (Å²) in [5.74, 6) is -0.0964. The Morgan fingerprint density at radius 1 is 1.11 bits per heavy atom. The first-order chi connectivity index (χ1) is 18.1. The number of ether oxygens (including phenoxy) is 1. The zero-order chi connectivity index (χ0) is 27.0. The van der Waals surface area contributed by atoms with Gasteiger partial charge in [-0.05, 0) is 79.2 Å². The first-order valence-corrected chi connectivity index (χ1v) is 13.2. The van der Waals surface area contributed by atoms with Crippen molar-refractivity contribution in [1.82, 2.24) is 19.6 Å². The largest absolute Gasteiger partial charge is 0.479 e. The fraction of sp³-hybridized carbons (Fsp3) is 0.346. The number of benzene rings is 2. The topological polar surface area (TPSA) is 67.7 Å². The van der Waals surface area contributed by atoms with Crippen molar-refractivity contribution in [2.45, 2.75) is 25.6 Å². The molecule has 0 spiro atoms. The van der Waals surface area contributed by atoms with Gasteiger partial charge in [0, 0.05) is 18.1 Å². The summed E-state index contributed by atoms with van der Waals surface area (Å²) in [4.78, 5) is 29.2. The van der Waals surface area contributed by atoms with Gasteiger partial charge in [-0.1, -0.05) is 23.7 Å². The van der Waals surface area contributed by atoms with Crippen LogP contribution >= 0.6 is 23.4 Å². The smallest absolute Gasteiger partial charge is 0.416 e. The number of fused-ring (bicyclic) bond motifs is 1. The van der Waals surface area contributed by atoms with Gasteiger partial charge in [-0.3, -0.25) is 19.2 Å². The van der Waals surface area contributed by atoms with Crippen LogP contribution in [0.3, 0.4) is 0 Å². The Labute approximate surface area is 226 Å². The minimum absolute atomic E-state index is 0.00548. The minimum atomic E-state index is -4.57. The molecule has 38 heavy (non-hydrogen) atoms. The van der Waals surface area contributed by atoms with Crippen molar-refractivity contribution in [3.05, 3.63) is 63.0 Å². The number of hydrogen-bond acceptors (Lipinski definition) is 6. The molecule has 200 valence electrons. The van der Waals surface area contributed by atoms with Crippen molar-refractivity contribution in [1.29, 1.82) is 0 Å². The molecule has 2 aromatic carbocycles. The maximum atomic E-state index is 13.6. The molecule has 2 saturated heterocycles. The molecule has 2 fully saturated rings. The monoisotopic (exact) mass is 564 g/mol. The van der Waals surface area contributed by atoms with Crippen LogP contribution in [0.5, 0.6) is 5.88 Å². The molecule has 0 saturated carbocycles. The predicted octanol–water partition coefficient (Wildman–Crippen LogP) is 5.90. The lowest BCUT2D eigenvalue weighted by Crippen LogP contribution is -2.36. The SMILES string of the molecule is COc1nn(Cc2ccc(Cl)cc2C(F)(F)F)c2ccc(C=C3SC(=O)N(CCN4CCCC4)C3=O)cc12. The van der Waals surface area contributed by atoms with Crippen LogP contribution in [0, 0.1) is 0 Å². The van der Waals surface area contributed by atoms with Gasteiger partial charge in [0.15, 0.2) is 0 Å². The Balaban J connectivity index is 1.40. The van der Waals surface area contributed by atoms with Crippen molar-refractivity contribution in [2.24, 2.45) is 0 Å². The molecular weight excluding hydrogens is 541 g/mol. The fourth-order valence-corrected chi connectivity index (χ4v) is 5.77. The average molecular weight is 565 g/mol. The molecule has 0 unspecified atom stereocenters. The van der Waals surface area contributed by atoms with E-state index in [0.717, 1.165) is 43.8 Å². The second kappa shape index (κ2) is 10.6. The van der Waals surface area contributed by atoms with E-state index in [1.54, 1.807) is 24.3 Å². The van der Waals surface area contributed by atoms with E-state index in [2.05, 4.69) is 10.00 Å². The van der Waals surface area contributed by atoms with Crippen molar-refractivity contribution in [3.8, 4) is 5.88 Å². The Bertz CT molecular complexity index is 1430. The quantitative estimate of drug-likeness (QED) is 0.333. The van der Waals surface area contributed by atoms with Gasteiger partial charge in [0.25, 0.3) is 11.1 Å². The zero-order valence-electron chi connectivity index (χ0n) is 20.4.